The van der Waals surface area contributed by atoms with Gasteiger partial charge in [-0.15, -0.1) is 0 Å². The molecule has 4 aromatic rings. The minimum absolute atomic E-state index is 0.0613. The van der Waals surface area contributed by atoms with Gasteiger partial charge < -0.3 is 15.7 Å². The number of fused-ring (bicyclic) bond motifs is 1. The SMILES string of the molecule is Cc1cccnc1-c1cc2cccnc2c(NC=CCS(=O)(=O)c2ccc(NC(=O)CC(=O)O)cc2)n1. The van der Waals surface area contributed by atoms with E-state index < -0.39 is 28.1 Å². The number of pyridine rings is 3. The van der Waals surface area contributed by atoms with Crippen molar-refractivity contribution in [3.05, 3.63) is 84.8 Å². The number of carbonyl (C=O) groups excluding carboxylic acids is 1. The molecule has 4 rings (SSSR count). The van der Waals surface area contributed by atoms with Crippen molar-refractivity contribution < 1.29 is 23.1 Å². The topological polar surface area (TPSA) is 151 Å². The van der Waals surface area contributed by atoms with Crippen LogP contribution in [-0.4, -0.2) is 46.1 Å². The number of aryl methyl sites for hydroxylation is 1. The second-order valence-corrected chi connectivity index (χ2v) is 10.1. The van der Waals surface area contributed by atoms with Gasteiger partial charge in [0.15, 0.2) is 15.7 Å². The molecule has 3 heterocycles. The molecule has 188 valence electrons. The van der Waals surface area contributed by atoms with Gasteiger partial charge in [-0.25, -0.2) is 13.4 Å². The summed E-state index contributed by atoms with van der Waals surface area (Å²) in [4.78, 5) is 35.7. The lowest BCUT2D eigenvalue weighted by atomic mass is 10.1. The Morgan fingerprint density at radius 3 is 2.49 bits per heavy atom. The number of hydrogen-bond acceptors (Lipinski definition) is 8. The van der Waals surface area contributed by atoms with E-state index in [0.717, 1.165) is 16.6 Å². The molecule has 0 bridgehead atoms. The van der Waals surface area contributed by atoms with Crippen LogP contribution in [0.3, 0.4) is 0 Å². The van der Waals surface area contributed by atoms with Crippen molar-refractivity contribution in [1.82, 2.24) is 15.0 Å². The highest BCUT2D eigenvalue weighted by molar-refractivity contribution is 7.91. The first kappa shape index (κ1) is 25.5. The fourth-order valence-electron chi connectivity index (χ4n) is 3.56. The van der Waals surface area contributed by atoms with Crippen LogP contribution in [0.4, 0.5) is 11.5 Å². The molecule has 3 N–H and O–H groups in total. The van der Waals surface area contributed by atoms with E-state index in [9.17, 15) is 18.0 Å². The average molecular weight is 518 g/mol. The molecule has 0 saturated carbocycles. The van der Waals surface area contributed by atoms with Gasteiger partial charge in [0, 0.05) is 23.5 Å². The third-order valence-electron chi connectivity index (χ3n) is 5.30. The molecule has 1 aromatic carbocycles. The third kappa shape index (κ3) is 6.33. The molecule has 0 aliphatic rings. The predicted molar refractivity (Wildman–Crippen MR) is 140 cm³/mol. The molecule has 3 aromatic heterocycles. The summed E-state index contributed by atoms with van der Waals surface area (Å²) in [5, 5.41) is 15.0. The Bertz CT molecular complexity index is 1600. The van der Waals surface area contributed by atoms with Gasteiger partial charge in [0.2, 0.25) is 5.91 Å². The number of anilines is 2. The van der Waals surface area contributed by atoms with Crippen LogP contribution in [0.15, 0.2) is 84.2 Å². The maximum Gasteiger partial charge on any atom is 0.312 e. The van der Waals surface area contributed by atoms with Crippen molar-refractivity contribution >= 4 is 44.1 Å². The summed E-state index contributed by atoms with van der Waals surface area (Å²) in [7, 11) is -3.66. The van der Waals surface area contributed by atoms with Crippen molar-refractivity contribution in [2.45, 2.75) is 18.2 Å². The summed E-state index contributed by atoms with van der Waals surface area (Å²) in [5.74, 6) is -1.77. The monoisotopic (exact) mass is 517 g/mol. The highest BCUT2D eigenvalue weighted by atomic mass is 32.2. The van der Waals surface area contributed by atoms with Crippen LogP contribution in [0.25, 0.3) is 22.3 Å². The molecule has 0 unspecified atom stereocenters. The summed E-state index contributed by atoms with van der Waals surface area (Å²) in [6, 6.07) is 15.0. The number of aromatic nitrogens is 3. The van der Waals surface area contributed by atoms with Gasteiger partial charge in [0.05, 0.1) is 22.0 Å². The van der Waals surface area contributed by atoms with E-state index in [-0.39, 0.29) is 10.6 Å². The van der Waals surface area contributed by atoms with Crippen molar-refractivity contribution in [1.29, 1.82) is 0 Å². The molecule has 0 atom stereocenters. The smallest absolute Gasteiger partial charge is 0.312 e. The molecule has 10 nitrogen and oxygen atoms in total. The van der Waals surface area contributed by atoms with Crippen LogP contribution in [0, 0.1) is 6.92 Å². The van der Waals surface area contributed by atoms with E-state index in [2.05, 4.69) is 25.6 Å². The highest BCUT2D eigenvalue weighted by Crippen LogP contribution is 2.27. The van der Waals surface area contributed by atoms with Crippen molar-refractivity contribution in [3.8, 4) is 11.4 Å². The van der Waals surface area contributed by atoms with Gasteiger partial charge >= 0.3 is 5.97 Å². The summed E-state index contributed by atoms with van der Waals surface area (Å²) < 4.78 is 25.5. The number of nitrogens with one attached hydrogen (secondary N) is 2. The maximum atomic E-state index is 12.7. The minimum Gasteiger partial charge on any atom is -0.481 e. The summed E-state index contributed by atoms with van der Waals surface area (Å²) in [5.41, 5.74) is 3.31. The van der Waals surface area contributed by atoms with Crippen LogP contribution in [0.1, 0.15) is 12.0 Å². The Kier molecular flexibility index (Phi) is 7.54. The summed E-state index contributed by atoms with van der Waals surface area (Å²) in [6.07, 6.45) is 5.65. The second-order valence-electron chi connectivity index (χ2n) is 8.07. The lowest BCUT2D eigenvalue weighted by molar-refractivity contribution is -0.139. The van der Waals surface area contributed by atoms with Crippen LogP contribution < -0.4 is 10.6 Å². The zero-order valence-corrected chi connectivity index (χ0v) is 20.6. The Hall–Kier alpha value is -4.64. The van der Waals surface area contributed by atoms with Gasteiger partial charge in [0.25, 0.3) is 0 Å². The summed E-state index contributed by atoms with van der Waals surface area (Å²) in [6.45, 7) is 1.95. The number of sulfone groups is 1. The quantitative estimate of drug-likeness (QED) is 0.281. The van der Waals surface area contributed by atoms with Gasteiger partial charge in [-0.3, -0.25) is 19.6 Å². The van der Waals surface area contributed by atoms with E-state index in [1.807, 2.05) is 37.3 Å². The first-order valence-corrected chi connectivity index (χ1v) is 12.8. The largest absolute Gasteiger partial charge is 0.481 e. The second kappa shape index (κ2) is 11.0. The van der Waals surface area contributed by atoms with Crippen molar-refractivity contribution in [2.24, 2.45) is 0 Å². The van der Waals surface area contributed by atoms with Gasteiger partial charge in [-0.1, -0.05) is 18.2 Å². The van der Waals surface area contributed by atoms with Crippen molar-refractivity contribution in [2.75, 3.05) is 16.4 Å². The van der Waals surface area contributed by atoms with Gasteiger partial charge in [0.1, 0.15) is 11.9 Å². The molecular weight excluding hydrogens is 494 g/mol. The zero-order valence-electron chi connectivity index (χ0n) is 19.7. The number of benzene rings is 1. The maximum absolute atomic E-state index is 12.7. The third-order valence-corrected chi connectivity index (χ3v) is 6.92. The Labute approximate surface area is 213 Å². The predicted octanol–water partition coefficient (Wildman–Crippen LogP) is 3.81. The Morgan fingerprint density at radius 2 is 1.76 bits per heavy atom. The standard InChI is InChI=1S/C26H23N5O5S/c1-17-5-2-11-27-24(17)21-15-18-6-3-12-28-25(18)26(31-21)29-13-4-14-37(35,36)20-9-7-19(8-10-20)30-22(32)16-23(33)34/h2-13,15H,14,16H2,1H3,(H,29,31)(H,30,32)(H,33,34). The fourth-order valence-corrected chi connectivity index (χ4v) is 4.65. The Balaban J connectivity index is 1.48. The lowest BCUT2D eigenvalue weighted by Gasteiger charge is -2.10. The van der Waals surface area contributed by atoms with Gasteiger partial charge in [-0.05, 0) is 61.2 Å². The van der Waals surface area contributed by atoms with Crippen LogP contribution in [-0.2, 0) is 19.4 Å². The number of carboxylic acid groups (broad SMARTS) is 1. The molecule has 0 saturated heterocycles. The van der Waals surface area contributed by atoms with Crippen LogP contribution >= 0.6 is 0 Å². The molecule has 0 spiro atoms. The first-order valence-electron chi connectivity index (χ1n) is 11.2. The number of nitrogens with zero attached hydrogens (tertiary/aromatic N) is 3. The number of aliphatic carboxylic acids is 1. The van der Waals surface area contributed by atoms with E-state index in [1.165, 1.54) is 36.5 Å². The van der Waals surface area contributed by atoms with E-state index in [4.69, 9.17) is 5.11 Å². The summed E-state index contributed by atoms with van der Waals surface area (Å²) >= 11 is 0. The first-order chi connectivity index (χ1) is 17.7. The van der Waals surface area contributed by atoms with Crippen LogP contribution in [0.5, 0.6) is 0 Å². The lowest BCUT2D eigenvalue weighted by Crippen LogP contribution is -2.16. The molecule has 0 fully saturated rings. The molecule has 11 heteroatoms. The number of rotatable bonds is 9. The molecule has 0 aliphatic heterocycles. The van der Waals surface area contributed by atoms with E-state index in [1.54, 1.807) is 12.4 Å². The number of carboxylic acids is 1. The van der Waals surface area contributed by atoms with E-state index >= 15 is 0 Å². The number of amides is 1. The molecular formula is C26H23N5O5S. The molecule has 37 heavy (non-hydrogen) atoms. The van der Waals surface area contributed by atoms with Gasteiger partial charge in [-0.2, -0.15) is 0 Å². The molecule has 0 aliphatic carbocycles. The van der Waals surface area contributed by atoms with Crippen molar-refractivity contribution in [3.63, 3.8) is 0 Å². The molecule has 1 amide bonds. The average Bonchev–Trinajstić information content (AvgIpc) is 2.86. The normalized spacial score (nSPS) is 11.5. The molecule has 0 radical (unpaired) electrons. The minimum atomic E-state index is -3.66. The fraction of sp³-hybridized carbons (Fsp3) is 0.115. The Morgan fingerprint density at radius 1 is 1.03 bits per heavy atom. The number of hydrogen-bond donors (Lipinski definition) is 3. The number of carbonyl (C=O) groups is 2. The van der Waals surface area contributed by atoms with Crippen LogP contribution in [0.2, 0.25) is 0 Å². The zero-order chi connectivity index (χ0) is 26.4. The highest BCUT2D eigenvalue weighted by Gasteiger charge is 2.14. The van der Waals surface area contributed by atoms with E-state index in [0.29, 0.717) is 22.7 Å².